The van der Waals surface area contributed by atoms with Gasteiger partial charge in [0.1, 0.15) is 0 Å². The highest BCUT2D eigenvalue weighted by molar-refractivity contribution is 6.32. The molecule has 2 rings (SSSR count). The first kappa shape index (κ1) is 14.1. The molecule has 5 heteroatoms. The lowest BCUT2D eigenvalue weighted by Crippen LogP contribution is -1.94. The number of nitrogens with zero attached hydrogens (tertiary/aromatic N) is 1. The minimum Gasteiger partial charge on any atom is -0.503 e. The standard InChI is InChI=1S/C15H12ClNO3/c1-20-14-8-10(7-12(16)15(14)19)4-5-13(18)11-3-2-6-17-9-11/h2-9,19H,1H3/b5-4+. The number of phenolic OH excluding ortho intramolecular Hbond substituents is 1. The van der Waals surface area contributed by atoms with Crippen LogP contribution in [0.5, 0.6) is 11.5 Å². The highest BCUT2D eigenvalue weighted by atomic mass is 35.5. The molecule has 0 saturated carbocycles. The van der Waals surface area contributed by atoms with Crippen LogP contribution in [0.3, 0.4) is 0 Å². The van der Waals surface area contributed by atoms with E-state index in [0.29, 0.717) is 11.1 Å². The Morgan fingerprint density at radius 2 is 2.25 bits per heavy atom. The first-order valence-corrected chi connectivity index (χ1v) is 6.18. The van der Waals surface area contributed by atoms with Gasteiger partial charge in [-0.2, -0.15) is 0 Å². The molecule has 0 aliphatic rings. The molecule has 20 heavy (non-hydrogen) atoms. The quantitative estimate of drug-likeness (QED) is 0.693. The lowest BCUT2D eigenvalue weighted by Gasteiger charge is -2.06. The second kappa shape index (κ2) is 6.21. The molecule has 4 nitrogen and oxygen atoms in total. The summed E-state index contributed by atoms with van der Waals surface area (Å²) in [5.74, 6) is -0.0304. The fourth-order valence-electron chi connectivity index (χ4n) is 1.62. The summed E-state index contributed by atoms with van der Waals surface area (Å²) >= 11 is 5.87. The van der Waals surface area contributed by atoms with E-state index >= 15 is 0 Å². The van der Waals surface area contributed by atoms with E-state index in [1.807, 2.05) is 0 Å². The maximum absolute atomic E-state index is 11.9. The van der Waals surface area contributed by atoms with Crippen LogP contribution >= 0.6 is 11.6 Å². The van der Waals surface area contributed by atoms with Crippen LogP contribution in [-0.4, -0.2) is 23.0 Å². The Bertz CT molecular complexity index is 654. The van der Waals surface area contributed by atoms with Crippen molar-refractivity contribution in [1.82, 2.24) is 4.98 Å². The van der Waals surface area contributed by atoms with Gasteiger partial charge in [-0.1, -0.05) is 17.7 Å². The van der Waals surface area contributed by atoms with Crippen LogP contribution in [0.2, 0.25) is 5.02 Å². The first-order valence-electron chi connectivity index (χ1n) is 5.80. The number of rotatable bonds is 4. The Labute approximate surface area is 121 Å². The number of hydrogen-bond donors (Lipinski definition) is 1. The summed E-state index contributed by atoms with van der Waals surface area (Å²) in [6, 6.07) is 6.52. The third-order valence-electron chi connectivity index (χ3n) is 2.64. The van der Waals surface area contributed by atoms with Crippen molar-refractivity contribution in [3.63, 3.8) is 0 Å². The smallest absolute Gasteiger partial charge is 0.187 e. The average molecular weight is 290 g/mol. The zero-order valence-electron chi connectivity index (χ0n) is 10.7. The van der Waals surface area contributed by atoms with Gasteiger partial charge in [-0.05, 0) is 35.9 Å². The molecular formula is C15H12ClNO3. The van der Waals surface area contributed by atoms with Gasteiger partial charge in [-0.15, -0.1) is 0 Å². The number of ketones is 1. The molecule has 2 aromatic rings. The predicted octanol–water partition coefficient (Wildman–Crippen LogP) is 3.35. The molecule has 102 valence electrons. The summed E-state index contributed by atoms with van der Waals surface area (Å²) in [7, 11) is 1.43. The molecule has 1 aromatic heterocycles. The number of pyridine rings is 1. The minimum atomic E-state index is -0.165. The van der Waals surface area contributed by atoms with Crippen LogP contribution in [0, 0.1) is 0 Å². The lowest BCUT2D eigenvalue weighted by atomic mass is 10.1. The van der Waals surface area contributed by atoms with Crippen molar-refractivity contribution in [1.29, 1.82) is 0 Å². The molecule has 1 aromatic carbocycles. The fourth-order valence-corrected chi connectivity index (χ4v) is 1.84. The number of allylic oxidation sites excluding steroid dienone is 1. The van der Waals surface area contributed by atoms with Gasteiger partial charge in [0.15, 0.2) is 17.3 Å². The van der Waals surface area contributed by atoms with Crippen LogP contribution in [-0.2, 0) is 0 Å². The number of aromatic nitrogens is 1. The second-order valence-corrected chi connectivity index (χ2v) is 4.40. The number of benzene rings is 1. The van der Waals surface area contributed by atoms with Gasteiger partial charge in [0.2, 0.25) is 0 Å². The molecule has 0 atom stereocenters. The molecule has 0 fully saturated rings. The van der Waals surface area contributed by atoms with Gasteiger partial charge in [0.25, 0.3) is 0 Å². The van der Waals surface area contributed by atoms with E-state index in [0.717, 1.165) is 0 Å². The number of phenols is 1. The molecule has 0 amide bonds. The van der Waals surface area contributed by atoms with Crippen LogP contribution in [0.4, 0.5) is 0 Å². The Hall–Kier alpha value is -2.33. The van der Waals surface area contributed by atoms with Crippen LogP contribution in [0.1, 0.15) is 15.9 Å². The first-order chi connectivity index (χ1) is 9.61. The van der Waals surface area contributed by atoms with E-state index < -0.39 is 0 Å². The van der Waals surface area contributed by atoms with Crippen molar-refractivity contribution in [3.05, 3.63) is 58.9 Å². The molecule has 0 aliphatic heterocycles. The normalized spacial score (nSPS) is 10.7. The summed E-state index contributed by atoms with van der Waals surface area (Å²) in [6.45, 7) is 0. The monoisotopic (exact) mass is 289 g/mol. The van der Waals surface area contributed by atoms with Gasteiger partial charge in [0, 0.05) is 18.0 Å². The van der Waals surface area contributed by atoms with Gasteiger partial charge < -0.3 is 9.84 Å². The summed E-state index contributed by atoms with van der Waals surface area (Å²) in [4.78, 5) is 15.8. The Balaban J connectivity index is 2.24. The molecule has 0 radical (unpaired) electrons. The van der Waals surface area contributed by atoms with Gasteiger partial charge in [-0.3, -0.25) is 9.78 Å². The van der Waals surface area contributed by atoms with Crippen molar-refractivity contribution >= 4 is 23.5 Å². The van der Waals surface area contributed by atoms with E-state index in [4.69, 9.17) is 16.3 Å². The maximum Gasteiger partial charge on any atom is 0.187 e. The summed E-state index contributed by atoms with van der Waals surface area (Å²) < 4.78 is 4.99. The highest BCUT2D eigenvalue weighted by Gasteiger charge is 2.08. The van der Waals surface area contributed by atoms with Crippen molar-refractivity contribution in [2.24, 2.45) is 0 Å². The summed E-state index contributed by atoms with van der Waals surface area (Å²) in [5.41, 5.74) is 1.16. The topological polar surface area (TPSA) is 59.4 Å². The Morgan fingerprint density at radius 1 is 1.45 bits per heavy atom. The number of carbonyl (C=O) groups excluding carboxylic acids is 1. The van der Waals surface area contributed by atoms with E-state index in [-0.39, 0.29) is 22.3 Å². The van der Waals surface area contributed by atoms with Crippen LogP contribution in [0.15, 0.2) is 42.7 Å². The van der Waals surface area contributed by atoms with Crippen LogP contribution in [0.25, 0.3) is 6.08 Å². The molecule has 1 N–H and O–H groups in total. The second-order valence-electron chi connectivity index (χ2n) is 3.99. The van der Waals surface area contributed by atoms with E-state index in [9.17, 15) is 9.90 Å². The number of methoxy groups -OCH3 is 1. The minimum absolute atomic E-state index is 0.120. The zero-order valence-corrected chi connectivity index (χ0v) is 11.5. The number of hydrogen-bond acceptors (Lipinski definition) is 4. The fraction of sp³-hybridized carbons (Fsp3) is 0.0667. The van der Waals surface area contributed by atoms with Crippen LogP contribution < -0.4 is 4.74 Å². The highest BCUT2D eigenvalue weighted by Crippen LogP contribution is 2.35. The van der Waals surface area contributed by atoms with Gasteiger partial charge in [-0.25, -0.2) is 0 Å². The maximum atomic E-state index is 11.9. The number of halogens is 1. The third-order valence-corrected chi connectivity index (χ3v) is 2.93. The van der Waals surface area contributed by atoms with Crippen molar-refractivity contribution in [2.75, 3.05) is 7.11 Å². The summed E-state index contributed by atoms with van der Waals surface area (Å²) in [5, 5.41) is 9.79. The molecule has 0 aliphatic carbocycles. The van der Waals surface area contributed by atoms with E-state index in [1.54, 1.807) is 36.5 Å². The summed E-state index contributed by atoms with van der Waals surface area (Å²) in [6.07, 6.45) is 6.12. The predicted molar refractivity (Wildman–Crippen MR) is 77.3 cm³/mol. The molecule has 0 unspecified atom stereocenters. The Kier molecular flexibility index (Phi) is 4.38. The average Bonchev–Trinajstić information content (AvgIpc) is 2.48. The SMILES string of the molecule is COc1cc(/C=C/C(=O)c2cccnc2)cc(Cl)c1O. The molecule has 0 bridgehead atoms. The molecule has 0 saturated heterocycles. The molecular weight excluding hydrogens is 278 g/mol. The van der Waals surface area contributed by atoms with E-state index in [2.05, 4.69) is 4.98 Å². The molecule has 1 heterocycles. The lowest BCUT2D eigenvalue weighted by molar-refractivity contribution is 0.104. The van der Waals surface area contributed by atoms with Gasteiger partial charge in [0.05, 0.1) is 12.1 Å². The van der Waals surface area contributed by atoms with Crippen molar-refractivity contribution in [2.45, 2.75) is 0 Å². The Morgan fingerprint density at radius 3 is 2.90 bits per heavy atom. The number of carbonyl (C=O) groups is 1. The molecule has 0 spiro atoms. The van der Waals surface area contributed by atoms with Gasteiger partial charge >= 0.3 is 0 Å². The van der Waals surface area contributed by atoms with E-state index in [1.165, 1.54) is 19.4 Å². The third kappa shape index (κ3) is 3.16. The zero-order chi connectivity index (χ0) is 14.5. The number of aromatic hydroxyl groups is 1. The van der Waals surface area contributed by atoms with Crippen molar-refractivity contribution in [3.8, 4) is 11.5 Å². The number of ether oxygens (including phenoxy) is 1. The van der Waals surface area contributed by atoms with Crippen molar-refractivity contribution < 1.29 is 14.6 Å². The largest absolute Gasteiger partial charge is 0.503 e.